The average Bonchev–Trinajstić information content (AvgIpc) is 3.36. The number of nitrogens with one attached hydrogen (secondary N) is 1. The van der Waals surface area contributed by atoms with Crippen LogP contribution in [0.25, 0.3) is 10.8 Å². The summed E-state index contributed by atoms with van der Waals surface area (Å²) in [4.78, 5) is 28.2. The van der Waals surface area contributed by atoms with Gasteiger partial charge in [-0.2, -0.15) is 0 Å². The van der Waals surface area contributed by atoms with Crippen molar-refractivity contribution in [3.05, 3.63) is 83.9 Å². The van der Waals surface area contributed by atoms with Crippen molar-refractivity contribution in [2.75, 3.05) is 6.54 Å². The molecule has 0 aliphatic heterocycles. The number of amides is 2. The van der Waals surface area contributed by atoms with Crippen molar-refractivity contribution in [2.24, 2.45) is 0 Å². The number of hydrogen-bond donors (Lipinski definition) is 1. The van der Waals surface area contributed by atoms with E-state index in [0.717, 1.165) is 19.3 Å². The lowest BCUT2D eigenvalue weighted by Crippen LogP contribution is -2.50. The number of fused-ring (bicyclic) bond motifs is 1. The Morgan fingerprint density at radius 2 is 1.61 bits per heavy atom. The molecule has 4 rings (SSSR count). The van der Waals surface area contributed by atoms with Gasteiger partial charge < -0.3 is 10.2 Å². The Hall–Kier alpha value is -3.14. The smallest absolute Gasteiger partial charge is 0.242 e. The number of carbonyl (C=O) groups is 2. The molecule has 1 fully saturated rings. The summed E-state index contributed by atoms with van der Waals surface area (Å²) in [5.41, 5.74) is 2.35. The van der Waals surface area contributed by atoms with E-state index in [1.807, 2.05) is 43.3 Å². The fourth-order valence-electron chi connectivity index (χ4n) is 4.86. The third-order valence-corrected chi connectivity index (χ3v) is 6.84. The molecule has 0 spiro atoms. The number of benzene rings is 3. The second kappa shape index (κ2) is 11.1. The zero-order valence-electron chi connectivity index (χ0n) is 19.5. The average molecular weight is 443 g/mol. The summed E-state index contributed by atoms with van der Waals surface area (Å²) in [7, 11) is 0. The molecule has 1 aliphatic rings. The summed E-state index contributed by atoms with van der Waals surface area (Å²) in [6.07, 6.45) is 6.21. The minimum atomic E-state index is -0.477. The van der Waals surface area contributed by atoms with Gasteiger partial charge in [0.05, 0.1) is 0 Å². The molecule has 33 heavy (non-hydrogen) atoms. The number of hydrogen-bond acceptors (Lipinski definition) is 2. The van der Waals surface area contributed by atoms with Gasteiger partial charge in [-0.15, -0.1) is 0 Å². The highest BCUT2D eigenvalue weighted by atomic mass is 16.2. The molecule has 1 atom stereocenters. The normalized spacial score (nSPS) is 14.8. The molecule has 0 aromatic heterocycles. The van der Waals surface area contributed by atoms with E-state index in [1.54, 1.807) is 4.90 Å². The molecule has 1 aliphatic carbocycles. The van der Waals surface area contributed by atoms with Crippen molar-refractivity contribution in [2.45, 2.75) is 64.0 Å². The van der Waals surface area contributed by atoms with E-state index in [0.29, 0.717) is 19.4 Å². The third-order valence-electron chi connectivity index (χ3n) is 6.84. The standard InChI is InChI=1S/C29H34N2O2/c1-22(29(33)30-26-15-6-7-16-26)31(21-20-23-10-3-2-4-11-23)28(32)19-18-25-14-9-13-24-12-5-8-17-27(24)25/h2-5,8-14,17,22,26H,6-7,15-16,18-21H2,1H3,(H,30,33). The van der Waals surface area contributed by atoms with Crippen molar-refractivity contribution in [1.29, 1.82) is 0 Å². The van der Waals surface area contributed by atoms with E-state index in [-0.39, 0.29) is 17.9 Å². The SMILES string of the molecule is CC(C(=O)NC1CCCC1)N(CCc1ccccc1)C(=O)CCc1cccc2ccccc12. The number of carbonyl (C=O) groups excluding carboxylic acids is 2. The molecule has 0 radical (unpaired) electrons. The number of aryl methyl sites for hydroxylation is 1. The molecular formula is C29H34N2O2. The maximum atomic E-state index is 13.4. The highest BCUT2D eigenvalue weighted by molar-refractivity contribution is 5.89. The van der Waals surface area contributed by atoms with Gasteiger partial charge in [0.25, 0.3) is 0 Å². The van der Waals surface area contributed by atoms with Gasteiger partial charge in [0.2, 0.25) is 11.8 Å². The Morgan fingerprint density at radius 3 is 2.39 bits per heavy atom. The number of rotatable bonds is 9. The van der Waals surface area contributed by atoms with Gasteiger partial charge in [-0.3, -0.25) is 9.59 Å². The van der Waals surface area contributed by atoms with Crippen molar-refractivity contribution in [1.82, 2.24) is 10.2 Å². The summed E-state index contributed by atoms with van der Waals surface area (Å²) in [5, 5.41) is 5.56. The summed E-state index contributed by atoms with van der Waals surface area (Å²) in [6, 6.07) is 24.5. The van der Waals surface area contributed by atoms with Gasteiger partial charge in [0, 0.05) is 19.0 Å². The van der Waals surface area contributed by atoms with Crippen LogP contribution in [0.3, 0.4) is 0 Å². The molecule has 0 bridgehead atoms. The molecule has 4 heteroatoms. The Kier molecular flexibility index (Phi) is 7.77. The van der Waals surface area contributed by atoms with E-state index in [1.165, 1.54) is 34.7 Å². The van der Waals surface area contributed by atoms with Gasteiger partial charge in [-0.1, -0.05) is 85.6 Å². The van der Waals surface area contributed by atoms with E-state index in [9.17, 15) is 9.59 Å². The van der Waals surface area contributed by atoms with Crippen molar-refractivity contribution >= 4 is 22.6 Å². The molecule has 1 N–H and O–H groups in total. The maximum Gasteiger partial charge on any atom is 0.242 e. The molecule has 172 valence electrons. The molecule has 1 unspecified atom stereocenters. The Morgan fingerprint density at radius 1 is 0.909 bits per heavy atom. The molecular weight excluding hydrogens is 408 g/mol. The van der Waals surface area contributed by atoms with Crippen molar-refractivity contribution < 1.29 is 9.59 Å². The molecule has 3 aromatic carbocycles. The molecule has 4 nitrogen and oxygen atoms in total. The van der Waals surface area contributed by atoms with Crippen LogP contribution in [-0.4, -0.2) is 35.3 Å². The first-order valence-corrected chi connectivity index (χ1v) is 12.2. The predicted octanol–water partition coefficient (Wildman–Crippen LogP) is 5.29. The summed E-state index contributed by atoms with van der Waals surface area (Å²) in [6.45, 7) is 2.41. The molecule has 1 saturated carbocycles. The highest BCUT2D eigenvalue weighted by Gasteiger charge is 2.28. The van der Waals surface area contributed by atoms with Gasteiger partial charge in [-0.25, -0.2) is 0 Å². The largest absolute Gasteiger partial charge is 0.352 e. The second-order valence-corrected chi connectivity index (χ2v) is 9.13. The minimum absolute atomic E-state index is 0.0338. The fraction of sp³-hybridized carbons (Fsp3) is 0.379. The van der Waals surface area contributed by atoms with Crippen molar-refractivity contribution in [3.8, 4) is 0 Å². The lowest BCUT2D eigenvalue weighted by atomic mass is 10.0. The summed E-state index contributed by atoms with van der Waals surface area (Å²) in [5.74, 6) is 0.00131. The Balaban J connectivity index is 1.45. The second-order valence-electron chi connectivity index (χ2n) is 9.13. The monoisotopic (exact) mass is 442 g/mol. The molecule has 2 amide bonds. The van der Waals surface area contributed by atoms with Crippen LogP contribution in [0.15, 0.2) is 72.8 Å². The van der Waals surface area contributed by atoms with Crippen LogP contribution in [0.2, 0.25) is 0 Å². The van der Waals surface area contributed by atoms with E-state index >= 15 is 0 Å². The van der Waals surface area contributed by atoms with Gasteiger partial charge in [0.1, 0.15) is 6.04 Å². The predicted molar refractivity (Wildman–Crippen MR) is 134 cm³/mol. The van der Waals surface area contributed by atoms with Crippen molar-refractivity contribution in [3.63, 3.8) is 0 Å². The summed E-state index contributed by atoms with van der Waals surface area (Å²) < 4.78 is 0. The first-order chi connectivity index (χ1) is 16.1. The van der Waals surface area contributed by atoms with Crippen LogP contribution >= 0.6 is 0 Å². The Bertz CT molecular complexity index is 1070. The third kappa shape index (κ3) is 6.01. The number of nitrogens with zero attached hydrogens (tertiary/aromatic N) is 1. The molecule has 0 saturated heterocycles. The van der Waals surface area contributed by atoms with Crippen LogP contribution in [0.1, 0.15) is 50.2 Å². The van der Waals surface area contributed by atoms with E-state index in [2.05, 4.69) is 41.7 Å². The first kappa shape index (κ1) is 23.0. The molecule has 0 heterocycles. The minimum Gasteiger partial charge on any atom is -0.352 e. The zero-order valence-corrected chi connectivity index (χ0v) is 19.5. The maximum absolute atomic E-state index is 13.4. The van der Waals surface area contributed by atoms with Crippen LogP contribution in [-0.2, 0) is 22.4 Å². The van der Waals surface area contributed by atoms with Crippen LogP contribution in [0, 0.1) is 0 Å². The van der Waals surface area contributed by atoms with Gasteiger partial charge in [0.15, 0.2) is 0 Å². The lowest BCUT2D eigenvalue weighted by molar-refractivity contribution is -0.140. The van der Waals surface area contributed by atoms with E-state index < -0.39 is 6.04 Å². The summed E-state index contributed by atoms with van der Waals surface area (Å²) >= 11 is 0. The van der Waals surface area contributed by atoms with Crippen LogP contribution < -0.4 is 5.32 Å². The van der Waals surface area contributed by atoms with Gasteiger partial charge >= 0.3 is 0 Å². The molecule has 3 aromatic rings. The highest BCUT2D eigenvalue weighted by Crippen LogP contribution is 2.21. The first-order valence-electron chi connectivity index (χ1n) is 12.2. The Labute approximate surface area is 197 Å². The topological polar surface area (TPSA) is 49.4 Å². The fourth-order valence-corrected chi connectivity index (χ4v) is 4.86. The quantitative estimate of drug-likeness (QED) is 0.489. The van der Waals surface area contributed by atoms with Crippen LogP contribution in [0.4, 0.5) is 0 Å². The van der Waals surface area contributed by atoms with Gasteiger partial charge in [-0.05, 0) is 54.5 Å². The zero-order chi connectivity index (χ0) is 23.0. The lowest BCUT2D eigenvalue weighted by Gasteiger charge is -2.30. The van der Waals surface area contributed by atoms with Crippen LogP contribution in [0.5, 0.6) is 0 Å². The van der Waals surface area contributed by atoms with E-state index in [4.69, 9.17) is 0 Å².